The molecule has 0 N–H and O–H groups in total. The number of nitrogens with zero attached hydrogens (tertiary/aromatic N) is 3. The van der Waals surface area contributed by atoms with Crippen LogP contribution in [-0.2, 0) is 11.3 Å². The minimum Gasteiger partial charge on any atom is -0.493 e. The largest absolute Gasteiger partial charge is 0.493 e. The molecular formula is C23H26ClN3O3S. The SMILES string of the molecule is O=c1c2ccccc2nc(SCCOc2ccc(Cl)cc2)n1CCCN1CCOCC1. The monoisotopic (exact) mass is 459 g/mol. The molecule has 4 rings (SSSR count). The molecule has 2 heterocycles. The van der Waals surface area contributed by atoms with Gasteiger partial charge in [0.25, 0.3) is 5.56 Å². The average molecular weight is 460 g/mol. The topological polar surface area (TPSA) is 56.6 Å². The van der Waals surface area contributed by atoms with E-state index in [2.05, 4.69) is 4.90 Å². The van der Waals surface area contributed by atoms with Crippen LogP contribution in [0.5, 0.6) is 5.75 Å². The third kappa shape index (κ3) is 6.01. The molecule has 1 fully saturated rings. The summed E-state index contributed by atoms with van der Waals surface area (Å²) in [4.78, 5) is 20.3. The minimum atomic E-state index is 0.0219. The Hall–Kier alpha value is -2.06. The van der Waals surface area contributed by atoms with Crippen LogP contribution < -0.4 is 10.3 Å². The van der Waals surface area contributed by atoms with Crippen molar-refractivity contribution >= 4 is 34.3 Å². The van der Waals surface area contributed by atoms with Gasteiger partial charge in [-0.25, -0.2) is 4.98 Å². The highest BCUT2D eigenvalue weighted by Crippen LogP contribution is 2.20. The van der Waals surface area contributed by atoms with Gasteiger partial charge >= 0.3 is 0 Å². The maximum Gasteiger partial charge on any atom is 0.262 e. The van der Waals surface area contributed by atoms with E-state index in [1.165, 1.54) is 0 Å². The highest BCUT2D eigenvalue weighted by atomic mass is 35.5. The van der Waals surface area contributed by atoms with Crippen molar-refractivity contribution in [3.05, 3.63) is 63.9 Å². The van der Waals surface area contributed by atoms with E-state index >= 15 is 0 Å². The van der Waals surface area contributed by atoms with Crippen LogP contribution in [0.2, 0.25) is 5.02 Å². The van der Waals surface area contributed by atoms with E-state index in [1.807, 2.05) is 41.0 Å². The lowest BCUT2D eigenvalue weighted by Crippen LogP contribution is -2.37. The van der Waals surface area contributed by atoms with Crippen molar-refractivity contribution in [3.63, 3.8) is 0 Å². The predicted molar refractivity (Wildman–Crippen MR) is 126 cm³/mol. The minimum absolute atomic E-state index is 0.0219. The van der Waals surface area contributed by atoms with Gasteiger partial charge in [-0.3, -0.25) is 14.3 Å². The normalized spacial score (nSPS) is 14.7. The van der Waals surface area contributed by atoms with Crippen LogP contribution in [0.15, 0.2) is 58.5 Å². The summed E-state index contributed by atoms with van der Waals surface area (Å²) in [5.74, 6) is 1.47. The summed E-state index contributed by atoms with van der Waals surface area (Å²) < 4.78 is 13.0. The zero-order valence-corrected chi connectivity index (χ0v) is 18.9. The molecule has 1 aliphatic heterocycles. The highest BCUT2D eigenvalue weighted by molar-refractivity contribution is 7.99. The molecule has 3 aromatic rings. The zero-order chi connectivity index (χ0) is 21.5. The molecule has 0 radical (unpaired) electrons. The molecule has 1 aromatic heterocycles. The molecule has 0 unspecified atom stereocenters. The number of hydrogen-bond donors (Lipinski definition) is 0. The summed E-state index contributed by atoms with van der Waals surface area (Å²) in [7, 11) is 0. The Morgan fingerprint density at radius 3 is 2.65 bits per heavy atom. The number of para-hydroxylation sites is 1. The first-order valence-corrected chi connectivity index (χ1v) is 11.9. The van der Waals surface area contributed by atoms with Gasteiger partial charge in [-0.1, -0.05) is 35.5 Å². The van der Waals surface area contributed by atoms with Crippen LogP contribution in [-0.4, -0.2) is 59.7 Å². The first-order valence-electron chi connectivity index (χ1n) is 10.5. The van der Waals surface area contributed by atoms with E-state index in [0.29, 0.717) is 29.3 Å². The summed E-state index contributed by atoms with van der Waals surface area (Å²) in [6, 6.07) is 14.9. The number of aromatic nitrogens is 2. The number of rotatable bonds is 9. The smallest absolute Gasteiger partial charge is 0.262 e. The molecule has 0 amide bonds. The summed E-state index contributed by atoms with van der Waals surface area (Å²) in [5.41, 5.74) is 0.756. The van der Waals surface area contributed by atoms with Gasteiger partial charge in [-0.05, 0) is 42.8 Å². The molecule has 0 spiro atoms. The van der Waals surface area contributed by atoms with Gasteiger partial charge in [0.15, 0.2) is 5.16 Å². The lowest BCUT2D eigenvalue weighted by atomic mass is 10.2. The molecule has 0 saturated carbocycles. The quantitative estimate of drug-likeness (QED) is 0.274. The molecule has 1 aliphatic rings. The Labute approximate surface area is 191 Å². The lowest BCUT2D eigenvalue weighted by molar-refractivity contribution is 0.0368. The number of morpholine rings is 1. The first kappa shape index (κ1) is 22.1. The van der Waals surface area contributed by atoms with Gasteiger partial charge in [0.1, 0.15) is 5.75 Å². The Morgan fingerprint density at radius 1 is 1.06 bits per heavy atom. The third-order valence-electron chi connectivity index (χ3n) is 5.18. The molecule has 164 valence electrons. The molecular weight excluding hydrogens is 434 g/mol. The van der Waals surface area contributed by atoms with Crippen LogP contribution in [0.4, 0.5) is 0 Å². The Kier molecular flexibility index (Phi) is 7.86. The van der Waals surface area contributed by atoms with Crippen molar-refractivity contribution in [1.29, 1.82) is 0 Å². The van der Waals surface area contributed by atoms with Crippen LogP contribution >= 0.6 is 23.4 Å². The first-order chi connectivity index (χ1) is 15.2. The van der Waals surface area contributed by atoms with Crippen molar-refractivity contribution in [2.24, 2.45) is 0 Å². The third-order valence-corrected chi connectivity index (χ3v) is 6.38. The van der Waals surface area contributed by atoms with Crippen LogP contribution in [0, 0.1) is 0 Å². The van der Waals surface area contributed by atoms with Gasteiger partial charge in [0.2, 0.25) is 0 Å². The number of benzene rings is 2. The molecule has 0 bridgehead atoms. The summed E-state index contributed by atoms with van der Waals surface area (Å²) >= 11 is 7.47. The molecule has 0 atom stereocenters. The standard InChI is InChI=1S/C23H26ClN3O3S/c24-18-6-8-19(9-7-18)30-16-17-31-23-25-21-5-2-1-4-20(21)22(28)27(23)11-3-10-26-12-14-29-15-13-26/h1-2,4-9H,3,10-17H2. The number of thioether (sulfide) groups is 1. The predicted octanol–water partition coefficient (Wildman–Crippen LogP) is 3.94. The van der Waals surface area contributed by atoms with Crippen LogP contribution in [0.3, 0.4) is 0 Å². The number of hydrogen-bond acceptors (Lipinski definition) is 6. The Balaban J connectivity index is 1.42. The second-order valence-electron chi connectivity index (χ2n) is 7.33. The van der Waals surface area contributed by atoms with E-state index in [0.717, 1.165) is 55.7 Å². The van der Waals surface area contributed by atoms with Gasteiger partial charge in [0, 0.05) is 37.0 Å². The fourth-order valence-electron chi connectivity index (χ4n) is 3.56. The van der Waals surface area contributed by atoms with Crippen LogP contribution in [0.25, 0.3) is 10.9 Å². The maximum atomic E-state index is 13.1. The van der Waals surface area contributed by atoms with Gasteiger partial charge in [0.05, 0.1) is 30.7 Å². The number of ether oxygens (including phenoxy) is 2. The van der Waals surface area contributed by atoms with E-state index in [-0.39, 0.29) is 5.56 Å². The van der Waals surface area contributed by atoms with E-state index in [1.54, 1.807) is 23.9 Å². The Bertz CT molecular complexity index is 1050. The van der Waals surface area contributed by atoms with Crippen molar-refractivity contribution in [2.45, 2.75) is 18.1 Å². The summed E-state index contributed by atoms with van der Waals surface area (Å²) in [6.07, 6.45) is 0.898. The van der Waals surface area contributed by atoms with Crippen molar-refractivity contribution in [3.8, 4) is 5.75 Å². The fourth-order valence-corrected chi connectivity index (χ4v) is 4.52. The maximum absolute atomic E-state index is 13.1. The zero-order valence-electron chi connectivity index (χ0n) is 17.3. The fraction of sp³-hybridized carbons (Fsp3) is 0.391. The highest BCUT2D eigenvalue weighted by Gasteiger charge is 2.13. The summed E-state index contributed by atoms with van der Waals surface area (Å²) in [5, 5.41) is 2.09. The second kappa shape index (κ2) is 11.0. The number of fused-ring (bicyclic) bond motifs is 1. The van der Waals surface area contributed by atoms with Crippen LogP contribution in [0.1, 0.15) is 6.42 Å². The molecule has 31 heavy (non-hydrogen) atoms. The van der Waals surface area contributed by atoms with Gasteiger partial charge in [-0.15, -0.1) is 0 Å². The number of halogens is 1. The Morgan fingerprint density at radius 2 is 1.84 bits per heavy atom. The molecule has 8 heteroatoms. The van der Waals surface area contributed by atoms with E-state index in [4.69, 9.17) is 26.1 Å². The van der Waals surface area contributed by atoms with E-state index < -0.39 is 0 Å². The molecule has 6 nitrogen and oxygen atoms in total. The molecule has 1 saturated heterocycles. The van der Waals surface area contributed by atoms with Crippen molar-refractivity contribution < 1.29 is 9.47 Å². The van der Waals surface area contributed by atoms with E-state index in [9.17, 15) is 4.79 Å². The summed E-state index contributed by atoms with van der Waals surface area (Å²) in [6.45, 7) is 5.59. The van der Waals surface area contributed by atoms with Gasteiger partial charge in [-0.2, -0.15) is 0 Å². The van der Waals surface area contributed by atoms with Crippen molar-refractivity contribution in [1.82, 2.24) is 14.5 Å². The second-order valence-corrected chi connectivity index (χ2v) is 8.83. The molecule has 0 aliphatic carbocycles. The van der Waals surface area contributed by atoms with Gasteiger partial charge < -0.3 is 9.47 Å². The van der Waals surface area contributed by atoms with Crippen molar-refractivity contribution in [2.75, 3.05) is 45.2 Å². The lowest BCUT2D eigenvalue weighted by Gasteiger charge is -2.26. The molecule has 2 aromatic carbocycles. The average Bonchev–Trinajstić information content (AvgIpc) is 2.80.